The number of hydrogen-bond acceptors (Lipinski definition) is 3. The molecule has 142 valence electrons. The predicted octanol–water partition coefficient (Wildman–Crippen LogP) is 2.64. The van der Waals surface area contributed by atoms with Gasteiger partial charge < -0.3 is 16.0 Å². The van der Waals surface area contributed by atoms with Crippen molar-refractivity contribution in [1.29, 1.82) is 0 Å². The number of carbonyl (C=O) groups is 1. The van der Waals surface area contributed by atoms with Gasteiger partial charge in [0, 0.05) is 38.9 Å². The number of aryl methyl sites for hydroxylation is 1. The minimum absolute atomic E-state index is 0. The first-order chi connectivity index (χ1) is 12.1. The van der Waals surface area contributed by atoms with Gasteiger partial charge in [-0.3, -0.25) is 14.5 Å². The number of rotatable bonds is 7. The fourth-order valence-corrected chi connectivity index (χ4v) is 2.31. The van der Waals surface area contributed by atoms with Crippen molar-refractivity contribution in [2.24, 2.45) is 12.0 Å². The maximum absolute atomic E-state index is 11.6. The van der Waals surface area contributed by atoms with Crippen LogP contribution in [0.4, 0.5) is 5.69 Å². The number of nitrogens with one attached hydrogen (secondary N) is 3. The minimum atomic E-state index is 0. The molecular weight excluding hydrogens is 443 g/mol. The summed E-state index contributed by atoms with van der Waals surface area (Å²) in [6.45, 7) is 3.29. The molecule has 1 aromatic carbocycles. The number of carbonyl (C=O) groups excluding carboxylic acids is 1. The van der Waals surface area contributed by atoms with Gasteiger partial charge in [0.15, 0.2) is 5.96 Å². The quantitative estimate of drug-likeness (QED) is 0.330. The normalized spacial score (nSPS) is 10.8. The van der Waals surface area contributed by atoms with Gasteiger partial charge in [0.2, 0.25) is 5.91 Å². The number of nitrogens with zero attached hydrogens (tertiary/aromatic N) is 3. The third-order valence-corrected chi connectivity index (χ3v) is 3.76. The zero-order chi connectivity index (χ0) is 18.1. The lowest BCUT2D eigenvalue weighted by atomic mass is 10.2. The molecular formula is C18H27IN6O. The van der Waals surface area contributed by atoms with Gasteiger partial charge in [-0.2, -0.15) is 5.10 Å². The van der Waals surface area contributed by atoms with E-state index in [0.717, 1.165) is 29.3 Å². The summed E-state index contributed by atoms with van der Waals surface area (Å²) in [7, 11) is 3.65. The number of anilines is 1. The van der Waals surface area contributed by atoms with Gasteiger partial charge in [0.05, 0.1) is 12.2 Å². The lowest BCUT2D eigenvalue weighted by Gasteiger charge is -2.12. The number of aromatic nitrogens is 2. The Hall–Kier alpha value is -2.10. The SMILES string of the molecule is CCCC(=O)Nc1ccc(CNC(=NC)NCc2ccnn2C)cc1.I. The first-order valence-corrected chi connectivity index (χ1v) is 8.42. The molecule has 1 amide bonds. The van der Waals surface area contributed by atoms with Crippen LogP contribution in [0.3, 0.4) is 0 Å². The van der Waals surface area contributed by atoms with Gasteiger partial charge in [-0.1, -0.05) is 19.1 Å². The van der Waals surface area contributed by atoms with Crippen LogP contribution in [-0.4, -0.2) is 28.7 Å². The monoisotopic (exact) mass is 470 g/mol. The molecule has 1 aromatic heterocycles. The van der Waals surface area contributed by atoms with Crippen molar-refractivity contribution < 1.29 is 4.79 Å². The van der Waals surface area contributed by atoms with E-state index in [1.807, 2.05) is 49.0 Å². The summed E-state index contributed by atoms with van der Waals surface area (Å²) in [6.07, 6.45) is 3.16. The summed E-state index contributed by atoms with van der Waals surface area (Å²) in [6, 6.07) is 9.77. The van der Waals surface area contributed by atoms with Gasteiger partial charge >= 0.3 is 0 Å². The van der Waals surface area contributed by atoms with E-state index in [1.54, 1.807) is 13.2 Å². The third-order valence-electron chi connectivity index (χ3n) is 3.76. The average Bonchev–Trinajstić information content (AvgIpc) is 3.02. The van der Waals surface area contributed by atoms with Crippen LogP contribution in [0.1, 0.15) is 31.0 Å². The second-order valence-electron chi connectivity index (χ2n) is 5.72. The second-order valence-corrected chi connectivity index (χ2v) is 5.72. The summed E-state index contributed by atoms with van der Waals surface area (Å²) in [5, 5.41) is 13.5. The van der Waals surface area contributed by atoms with Crippen molar-refractivity contribution in [3.63, 3.8) is 0 Å². The van der Waals surface area contributed by atoms with E-state index in [1.165, 1.54) is 0 Å². The van der Waals surface area contributed by atoms with E-state index in [9.17, 15) is 4.79 Å². The van der Waals surface area contributed by atoms with Crippen LogP contribution in [0.5, 0.6) is 0 Å². The molecule has 0 fully saturated rings. The summed E-state index contributed by atoms with van der Waals surface area (Å²) in [5.74, 6) is 0.773. The fourth-order valence-electron chi connectivity index (χ4n) is 2.31. The Kier molecular flexibility index (Phi) is 9.71. The van der Waals surface area contributed by atoms with E-state index >= 15 is 0 Å². The molecule has 2 rings (SSSR count). The standard InChI is InChI=1S/C18H26N6O.HI/c1-4-5-17(25)23-15-8-6-14(7-9-15)12-20-18(19-2)21-13-16-10-11-22-24(16)3;/h6-11H,4-5,12-13H2,1-3H3,(H,23,25)(H2,19,20,21);1H. The van der Waals surface area contributed by atoms with E-state index in [0.29, 0.717) is 19.5 Å². The highest BCUT2D eigenvalue weighted by Gasteiger charge is 2.03. The Morgan fingerprint density at radius 3 is 2.42 bits per heavy atom. The smallest absolute Gasteiger partial charge is 0.224 e. The molecule has 0 aliphatic heterocycles. The summed E-state index contributed by atoms with van der Waals surface area (Å²) in [5.41, 5.74) is 3.01. The molecule has 7 nitrogen and oxygen atoms in total. The van der Waals surface area contributed by atoms with E-state index in [4.69, 9.17) is 0 Å². The molecule has 0 saturated carbocycles. The Labute approximate surface area is 171 Å². The lowest BCUT2D eigenvalue weighted by molar-refractivity contribution is -0.116. The average molecular weight is 470 g/mol. The molecule has 0 saturated heterocycles. The van der Waals surface area contributed by atoms with Crippen LogP contribution in [0.2, 0.25) is 0 Å². The molecule has 26 heavy (non-hydrogen) atoms. The fraction of sp³-hybridized carbons (Fsp3) is 0.389. The number of guanidine groups is 1. The Balaban J connectivity index is 0.00000338. The molecule has 1 heterocycles. The maximum Gasteiger partial charge on any atom is 0.224 e. The molecule has 3 N–H and O–H groups in total. The Morgan fingerprint density at radius 2 is 1.85 bits per heavy atom. The number of hydrogen-bond donors (Lipinski definition) is 3. The van der Waals surface area contributed by atoms with Gasteiger partial charge in [0.25, 0.3) is 0 Å². The van der Waals surface area contributed by atoms with E-state index in [2.05, 4.69) is 26.0 Å². The van der Waals surface area contributed by atoms with Crippen LogP contribution in [0, 0.1) is 0 Å². The summed E-state index contributed by atoms with van der Waals surface area (Å²) >= 11 is 0. The molecule has 0 bridgehead atoms. The molecule has 8 heteroatoms. The van der Waals surface area contributed by atoms with Gasteiger partial charge in [0.1, 0.15) is 0 Å². The van der Waals surface area contributed by atoms with Crippen LogP contribution < -0.4 is 16.0 Å². The number of aliphatic imine (C=N–C) groups is 1. The van der Waals surface area contributed by atoms with Gasteiger partial charge in [-0.05, 0) is 30.2 Å². The van der Waals surface area contributed by atoms with Crippen LogP contribution >= 0.6 is 24.0 Å². The van der Waals surface area contributed by atoms with E-state index < -0.39 is 0 Å². The van der Waals surface area contributed by atoms with Gasteiger partial charge in [-0.25, -0.2) is 0 Å². The zero-order valence-corrected chi connectivity index (χ0v) is 17.8. The molecule has 0 aliphatic carbocycles. The number of halogens is 1. The van der Waals surface area contributed by atoms with Crippen molar-refractivity contribution >= 4 is 41.5 Å². The Morgan fingerprint density at radius 1 is 1.15 bits per heavy atom. The number of benzene rings is 1. The third kappa shape index (κ3) is 7.03. The summed E-state index contributed by atoms with van der Waals surface area (Å²) in [4.78, 5) is 15.8. The lowest BCUT2D eigenvalue weighted by Crippen LogP contribution is -2.36. The second kappa shape index (κ2) is 11.5. The molecule has 2 aromatic rings. The van der Waals surface area contributed by atoms with Crippen LogP contribution in [0.15, 0.2) is 41.5 Å². The number of amides is 1. The van der Waals surface area contributed by atoms with Crippen molar-refractivity contribution in [2.75, 3.05) is 12.4 Å². The highest BCUT2D eigenvalue weighted by Crippen LogP contribution is 2.10. The first kappa shape index (κ1) is 21.9. The molecule has 0 spiro atoms. The van der Waals surface area contributed by atoms with Crippen molar-refractivity contribution in [2.45, 2.75) is 32.9 Å². The van der Waals surface area contributed by atoms with Crippen LogP contribution in [0.25, 0.3) is 0 Å². The zero-order valence-electron chi connectivity index (χ0n) is 15.5. The molecule has 0 unspecified atom stereocenters. The highest BCUT2D eigenvalue weighted by molar-refractivity contribution is 14.0. The minimum Gasteiger partial charge on any atom is -0.352 e. The highest BCUT2D eigenvalue weighted by atomic mass is 127. The largest absolute Gasteiger partial charge is 0.352 e. The first-order valence-electron chi connectivity index (χ1n) is 8.42. The summed E-state index contributed by atoms with van der Waals surface area (Å²) < 4.78 is 1.83. The van der Waals surface area contributed by atoms with Crippen molar-refractivity contribution in [3.8, 4) is 0 Å². The topological polar surface area (TPSA) is 83.3 Å². The van der Waals surface area contributed by atoms with Crippen LogP contribution in [-0.2, 0) is 24.9 Å². The maximum atomic E-state index is 11.6. The van der Waals surface area contributed by atoms with Gasteiger partial charge in [-0.15, -0.1) is 24.0 Å². The van der Waals surface area contributed by atoms with E-state index in [-0.39, 0.29) is 29.9 Å². The predicted molar refractivity (Wildman–Crippen MR) is 116 cm³/mol. The van der Waals surface area contributed by atoms with Crippen molar-refractivity contribution in [3.05, 3.63) is 47.8 Å². The molecule has 0 atom stereocenters. The Bertz CT molecular complexity index is 711. The molecule has 0 radical (unpaired) electrons. The molecule has 0 aliphatic rings. The van der Waals surface area contributed by atoms with Crippen molar-refractivity contribution in [1.82, 2.24) is 20.4 Å².